The Morgan fingerprint density at radius 3 is 2.77 bits per heavy atom. The van der Waals surface area contributed by atoms with Gasteiger partial charge in [-0.15, -0.1) is 11.3 Å². The van der Waals surface area contributed by atoms with Crippen molar-refractivity contribution in [3.63, 3.8) is 0 Å². The fourth-order valence-electron chi connectivity index (χ4n) is 3.55. The summed E-state index contributed by atoms with van der Waals surface area (Å²) in [6, 6.07) is 10.9. The summed E-state index contributed by atoms with van der Waals surface area (Å²) in [7, 11) is -4.47. The molecule has 1 aliphatic heterocycles. The first-order chi connectivity index (χ1) is 14.8. The van der Waals surface area contributed by atoms with Crippen molar-refractivity contribution < 1.29 is 21.9 Å². The standard InChI is InChI=1S/C21H21F2N3O3S2/c1-14-18(29-16-7-8-26(11-16)10-15-5-3-2-4-6-15)9-17(22)21(20(14)23)31(27,28)25-19-12-30-13-24-19/h2-6,9,12-13,16,25H,7-8,10-11H2,1H3. The number of anilines is 1. The molecule has 2 heterocycles. The van der Waals surface area contributed by atoms with E-state index < -0.39 is 26.6 Å². The number of nitrogens with zero attached hydrogens (tertiary/aromatic N) is 2. The molecule has 4 rings (SSSR count). The van der Waals surface area contributed by atoms with Crippen LogP contribution in [0.3, 0.4) is 0 Å². The maximum Gasteiger partial charge on any atom is 0.268 e. The lowest BCUT2D eigenvalue weighted by atomic mass is 10.2. The summed E-state index contributed by atoms with van der Waals surface area (Å²) in [5.74, 6) is -2.36. The molecule has 1 fully saturated rings. The van der Waals surface area contributed by atoms with Gasteiger partial charge in [-0.2, -0.15) is 0 Å². The van der Waals surface area contributed by atoms with Gasteiger partial charge in [-0.25, -0.2) is 22.2 Å². The van der Waals surface area contributed by atoms with Crippen LogP contribution in [0.5, 0.6) is 5.75 Å². The minimum atomic E-state index is -4.47. The molecule has 1 atom stereocenters. The Bertz CT molecular complexity index is 1160. The third kappa shape index (κ3) is 4.86. The molecule has 0 radical (unpaired) electrons. The maximum absolute atomic E-state index is 14.9. The topological polar surface area (TPSA) is 71.5 Å². The summed E-state index contributed by atoms with van der Waals surface area (Å²) in [5, 5.41) is 1.43. The quantitative estimate of drug-likeness (QED) is 0.567. The van der Waals surface area contributed by atoms with Crippen LogP contribution in [0.4, 0.5) is 14.6 Å². The highest BCUT2D eigenvalue weighted by Crippen LogP contribution is 2.32. The summed E-state index contributed by atoms with van der Waals surface area (Å²) < 4.78 is 62.5. The molecule has 0 bridgehead atoms. The molecule has 31 heavy (non-hydrogen) atoms. The van der Waals surface area contributed by atoms with Gasteiger partial charge in [-0.3, -0.25) is 9.62 Å². The van der Waals surface area contributed by atoms with E-state index in [0.29, 0.717) is 13.0 Å². The maximum atomic E-state index is 14.9. The van der Waals surface area contributed by atoms with Crippen molar-refractivity contribution in [1.29, 1.82) is 0 Å². The van der Waals surface area contributed by atoms with Crippen molar-refractivity contribution in [2.24, 2.45) is 0 Å². The Hall–Kier alpha value is -2.56. The first-order valence-electron chi connectivity index (χ1n) is 9.66. The lowest BCUT2D eigenvalue weighted by molar-refractivity contribution is 0.195. The molecule has 0 aliphatic carbocycles. The van der Waals surface area contributed by atoms with Crippen molar-refractivity contribution in [3.05, 3.63) is 70.1 Å². The molecule has 0 saturated carbocycles. The third-order valence-electron chi connectivity index (χ3n) is 5.08. The number of aromatic nitrogens is 1. The highest BCUT2D eigenvalue weighted by Gasteiger charge is 2.30. The third-order valence-corrected chi connectivity index (χ3v) is 7.06. The predicted octanol–water partition coefficient (Wildman–Crippen LogP) is 4.18. The van der Waals surface area contributed by atoms with Crippen LogP contribution in [-0.4, -0.2) is 37.5 Å². The summed E-state index contributed by atoms with van der Waals surface area (Å²) in [6.45, 7) is 3.56. The predicted molar refractivity (Wildman–Crippen MR) is 115 cm³/mol. The highest BCUT2D eigenvalue weighted by atomic mass is 32.2. The van der Waals surface area contributed by atoms with E-state index in [1.807, 2.05) is 30.3 Å². The fourth-order valence-corrected chi connectivity index (χ4v) is 5.30. The van der Waals surface area contributed by atoms with Gasteiger partial charge in [0.25, 0.3) is 10.0 Å². The Morgan fingerprint density at radius 2 is 2.06 bits per heavy atom. The minimum absolute atomic E-state index is 0.00578. The molecule has 1 aliphatic rings. The minimum Gasteiger partial charge on any atom is -0.489 e. The molecule has 1 unspecified atom stereocenters. The van der Waals surface area contributed by atoms with Crippen LogP contribution in [0.25, 0.3) is 0 Å². The second kappa shape index (κ2) is 8.89. The lowest BCUT2D eigenvalue weighted by Crippen LogP contribution is -2.25. The molecule has 1 aromatic heterocycles. The van der Waals surface area contributed by atoms with E-state index in [9.17, 15) is 17.2 Å². The van der Waals surface area contributed by atoms with Gasteiger partial charge in [0.15, 0.2) is 16.5 Å². The van der Waals surface area contributed by atoms with Crippen LogP contribution in [0.2, 0.25) is 0 Å². The zero-order valence-corrected chi connectivity index (χ0v) is 18.3. The Balaban J connectivity index is 1.49. The largest absolute Gasteiger partial charge is 0.489 e. The molecule has 10 heteroatoms. The molecular formula is C21H21F2N3O3S2. The lowest BCUT2D eigenvalue weighted by Gasteiger charge is -2.19. The zero-order valence-electron chi connectivity index (χ0n) is 16.7. The first-order valence-corrected chi connectivity index (χ1v) is 12.1. The molecule has 0 amide bonds. The SMILES string of the molecule is Cc1c(OC2CCN(Cc3ccccc3)C2)cc(F)c(S(=O)(=O)Nc2cscn2)c1F. The van der Waals surface area contributed by atoms with E-state index in [2.05, 4.69) is 14.6 Å². The normalized spacial score (nSPS) is 17.1. The van der Waals surface area contributed by atoms with Crippen molar-refractivity contribution in [2.75, 3.05) is 17.8 Å². The number of thiazole rings is 1. The molecule has 1 N–H and O–H groups in total. The summed E-state index contributed by atoms with van der Waals surface area (Å²) in [5.41, 5.74) is 2.54. The number of nitrogens with one attached hydrogen (secondary N) is 1. The van der Waals surface area contributed by atoms with Gasteiger partial charge < -0.3 is 4.74 Å². The van der Waals surface area contributed by atoms with Crippen molar-refractivity contribution >= 4 is 27.2 Å². The molecular weight excluding hydrogens is 444 g/mol. The molecule has 3 aromatic rings. The van der Waals surface area contributed by atoms with Gasteiger partial charge in [0.1, 0.15) is 17.7 Å². The Kier molecular flexibility index (Phi) is 6.22. The second-order valence-corrected chi connectivity index (χ2v) is 9.69. The van der Waals surface area contributed by atoms with Crippen molar-refractivity contribution in [1.82, 2.24) is 9.88 Å². The number of sulfonamides is 1. The van der Waals surface area contributed by atoms with Crippen LogP contribution in [0.1, 0.15) is 17.5 Å². The summed E-state index contributed by atoms with van der Waals surface area (Å²) >= 11 is 1.16. The molecule has 164 valence electrons. The Labute approximate surface area is 183 Å². The average Bonchev–Trinajstić information content (AvgIpc) is 3.38. The number of ether oxygens (including phenoxy) is 1. The van der Waals surface area contributed by atoms with Gasteiger partial charge in [0.2, 0.25) is 0 Å². The van der Waals surface area contributed by atoms with E-state index >= 15 is 0 Å². The number of hydrogen-bond acceptors (Lipinski definition) is 6. The number of likely N-dealkylation sites (tertiary alicyclic amines) is 1. The monoisotopic (exact) mass is 465 g/mol. The molecule has 6 nitrogen and oxygen atoms in total. The first kappa shape index (κ1) is 21.7. The zero-order chi connectivity index (χ0) is 22.0. The van der Waals surface area contributed by atoms with Gasteiger partial charge in [-0.05, 0) is 18.9 Å². The van der Waals surface area contributed by atoms with Crippen molar-refractivity contribution in [3.8, 4) is 5.75 Å². The average molecular weight is 466 g/mol. The smallest absolute Gasteiger partial charge is 0.268 e. The van der Waals surface area contributed by atoms with E-state index in [-0.39, 0.29) is 23.2 Å². The van der Waals surface area contributed by atoms with Gasteiger partial charge in [0, 0.05) is 36.6 Å². The summed E-state index contributed by atoms with van der Waals surface area (Å²) in [6.07, 6.45) is 0.470. The van der Waals surface area contributed by atoms with Crippen LogP contribution >= 0.6 is 11.3 Å². The van der Waals surface area contributed by atoms with Crippen LogP contribution in [0.15, 0.2) is 52.2 Å². The van der Waals surface area contributed by atoms with E-state index in [0.717, 1.165) is 30.5 Å². The second-order valence-electron chi connectivity index (χ2n) is 7.35. The van der Waals surface area contributed by atoms with E-state index in [4.69, 9.17) is 4.74 Å². The van der Waals surface area contributed by atoms with Crippen LogP contribution in [0, 0.1) is 18.6 Å². The van der Waals surface area contributed by atoms with E-state index in [1.165, 1.54) is 23.4 Å². The van der Waals surface area contributed by atoms with Crippen LogP contribution < -0.4 is 9.46 Å². The molecule has 2 aromatic carbocycles. The van der Waals surface area contributed by atoms with Gasteiger partial charge >= 0.3 is 0 Å². The van der Waals surface area contributed by atoms with Gasteiger partial charge in [0.05, 0.1) is 5.51 Å². The molecule has 1 saturated heterocycles. The fraction of sp³-hybridized carbons (Fsp3) is 0.286. The highest BCUT2D eigenvalue weighted by molar-refractivity contribution is 7.92. The van der Waals surface area contributed by atoms with Gasteiger partial charge in [-0.1, -0.05) is 30.3 Å². The van der Waals surface area contributed by atoms with Crippen molar-refractivity contribution in [2.45, 2.75) is 30.9 Å². The number of hydrogen-bond donors (Lipinski definition) is 1. The number of rotatable bonds is 7. The molecule has 0 spiro atoms. The summed E-state index contributed by atoms with van der Waals surface area (Å²) in [4.78, 5) is 4.95. The Morgan fingerprint density at radius 1 is 1.29 bits per heavy atom. The van der Waals surface area contributed by atoms with E-state index in [1.54, 1.807) is 0 Å². The number of benzene rings is 2. The van der Waals surface area contributed by atoms with Crippen LogP contribution in [-0.2, 0) is 16.6 Å². The number of halogens is 2.